The molecule has 0 unspecified atom stereocenters. The number of nitrogens with one attached hydrogen (secondary N) is 1. The summed E-state index contributed by atoms with van der Waals surface area (Å²) < 4.78 is 52.5. The summed E-state index contributed by atoms with van der Waals surface area (Å²) in [6.45, 7) is 0.386. The zero-order valence-electron chi connectivity index (χ0n) is 16.6. The molecule has 2 aromatic carbocycles. The van der Waals surface area contributed by atoms with Crippen molar-refractivity contribution in [2.75, 3.05) is 13.7 Å². The van der Waals surface area contributed by atoms with Crippen LogP contribution in [0.25, 0.3) is 22.1 Å². The van der Waals surface area contributed by atoms with Gasteiger partial charge in [-0.15, -0.1) is 0 Å². The zero-order valence-corrected chi connectivity index (χ0v) is 16.6. The fraction of sp³-hybridized carbons (Fsp3) is 0.182. The third kappa shape index (κ3) is 5.44. The molecule has 0 bridgehead atoms. The average molecular weight is 433 g/mol. The van der Waals surface area contributed by atoms with Gasteiger partial charge in [0, 0.05) is 23.1 Å². The maximum absolute atomic E-state index is 12.4. The molecule has 1 amide bonds. The number of methoxy groups -OCH3 is 1. The van der Waals surface area contributed by atoms with Gasteiger partial charge in [-0.25, -0.2) is 4.79 Å². The first-order chi connectivity index (χ1) is 14.7. The number of benzene rings is 2. The lowest BCUT2D eigenvalue weighted by Gasteiger charge is -2.13. The van der Waals surface area contributed by atoms with Gasteiger partial charge in [0.1, 0.15) is 24.1 Å². The monoisotopic (exact) mass is 433 g/mol. The molecule has 0 fully saturated rings. The summed E-state index contributed by atoms with van der Waals surface area (Å²) >= 11 is 0. The van der Waals surface area contributed by atoms with E-state index in [1.54, 1.807) is 11.4 Å². The molecule has 31 heavy (non-hydrogen) atoms. The molecule has 0 spiro atoms. The molecule has 0 saturated carbocycles. The Labute approximate surface area is 174 Å². The van der Waals surface area contributed by atoms with Crippen LogP contribution in [-0.2, 0) is 9.53 Å². The van der Waals surface area contributed by atoms with Crippen molar-refractivity contribution in [2.24, 2.45) is 0 Å². The topological polar surface area (TPSA) is 77.8 Å². The molecule has 162 valence electrons. The Hall–Kier alpha value is -3.75. The Kier molecular flexibility index (Phi) is 6.33. The number of amides is 1. The molecule has 9 heteroatoms. The highest BCUT2D eigenvalue weighted by Gasteiger charge is 2.29. The number of carbonyl (C=O) groups excluding carboxylic acids is 1. The number of alkyl halides is 3. The third-order valence-electron chi connectivity index (χ3n) is 4.28. The predicted molar refractivity (Wildman–Crippen MR) is 107 cm³/mol. The quantitative estimate of drug-likeness (QED) is 0.356. The van der Waals surface area contributed by atoms with Gasteiger partial charge in [0.15, 0.2) is 0 Å². The van der Waals surface area contributed by atoms with Crippen molar-refractivity contribution in [1.82, 2.24) is 5.32 Å². The highest BCUT2D eigenvalue weighted by atomic mass is 19.4. The lowest BCUT2D eigenvalue weighted by molar-refractivity contribution is -0.137. The molecule has 1 N–H and O–H groups in total. The number of aryl methyl sites for hydroxylation is 1. The Morgan fingerprint density at radius 3 is 2.55 bits per heavy atom. The van der Waals surface area contributed by atoms with Gasteiger partial charge in [-0.05, 0) is 30.2 Å². The highest BCUT2D eigenvalue weighted by Crippen LogP contribution is 2.31. The summed E-state index contributed by atoms with van der Waals surface area (Å²) in [5.41, 5.74) is 2.07. The fourth-order valence-electron chi connectivity index (χ4n) is 2.93. The summed E-state index contributed by atoms with van der Waals surface area (Å²) in [6, 6.07) is 13.4. The van der Waals surface area contributed by atoms with Crippen LogP contribution in [0.5, 0.6) is 5.75 Å². The summed E-state index contributed by atoms with van der Waals surface area (Å²) in [4.78, 5) is 24.1. The first kappa shape index (κ1) is 21.9. The molecule has 0 aliphatic carbocycles. The van der Waals surface area contributed by atoms with E-state index in [1.807, 2.05) is 31.2 Å². The van der Waals surface area contributed by atoms with E-state index in [0.29, 0.717) is 10.9 Å². The van der Waals surface area contributed by atoms with Crippen molar-refractivity contribution in [3.8, 4) is 16.9 Å². The van der Waals surface area contributed by atoms with E-state index < -0.39 is 30.0 Å². The molecule has 1 heterocycles. The van der Waals surface area contributed by atoms with Crippen LogP contribution in [0, 0.1) is 6.92 Å². The Bertz CT molecular complexity index is 1200. The molecular formula is C22H18F3NO5. The molecule has 1 aromatic heterocycles. The van der Waals surface area contributed by atoms with Crippen LogP contribution in [0.4, 0.5) is 13.2 Å². The van der Waals surface area contributed by atoms with Crippen LogP contribution in [0.1, 0.15) is 5.56 Å². The van der Waals surface area contributed by atoms with Crippen molar-refractivity contribution < 1.29 is 31.9 Å². The molecule has 0 saturated heterocycles. The van der Waals surface area contributed by atoms with Crippen LogP contribution >= 0.6 is 0 Å². The largest absolute Gasteiger partial charge is 0.500 e. The van der Waals surface area contributed by atoms with E-state index in [9.17, 15) is 22.8 Å². The van der Waals surface area contributed by atoms with Crippen LogP contribution in [0.15, 0.2) is 69.8 Å². The van der Waals surface area contributed by atoms with Gasteiger partial charge in [0.2, 0.25) is 5.76 Å². The Morgan fingerprint density at radius 2 is 1.87 bits per heavy atom. The second kappa shape index (κ2) is 8.95. The second-order valence-corrected chi connectivity index (χ2v) is 6.57. The Morgan fingerprint density at radius 1 is 1.13 bits per heavy atom. The summed E-state index contributed by atoms with van der Waals surface area (Å²) in [6.07, 6.45) is -3.71. The SMILES string of the molecule is COC=C(Oc1ccc2c(-c3ccccc3C)cc(=O)oc2c1)C(=O)NCC(F)(F)F. The van der Waals surface area contributed by atoms with Gasteiger partial charge in [-0.1, -0.05) is 24.3 Å². The van der Waals surface area contributed by atoms with E-state index in [1.165, 1.54) is 25.3 Å². The van der Waals surface area contributed by atoms with Crippen LogP contribution in [0.3, 0.4) is 0 Å². The van der Waals surface area contributed by atoms with Gasteiger partial charge in [0.25, 0.3) is 5.91 Å². The summed E-state index contributed by atoms with van der Waals surface area (Å²) in [5, 5.41) is 2.33. The van der Waals surface area contributed by atoms with E-state index in [2.05, 4.69) is 0 Å². The molecule has 6 nitrogen and oxygen atoms in total. The lowest BCUT2D eigenvalue weighted by Crippen LogP contribution is -2.35. The van der Waals surface area contributed by atoms with Gasteiger partial charge in [-0.3, -0.25) is 4.79 Å². The van der Waals surface area contributed by atoms with Crippen LogP contribution < -0.4 is 15.7 Å². The van der Waals surface area contributed by atoms with Crippen molar-refractivity contribution >= 4 is 16.9 Å². The number of hydrogen-bond acceptors (Lipinski definition) is 5. The molecule has 3 rings (SSSR count). The number of rotatable bonds is 6. The number of ether oxygens (including phenoxy) is 2. The number of halogens is 3. The second-order valence-electron chi connectivity index (χ2n) is 6.57. The molecule has 0 aliphatic rings. The van der Waals surface area contributed by atoms with Crippen LogP contribution in [0.2, 0.25) is 0 Å². The molecule has 0 aliphatic heterocycles. The van der Waals surface area contributed by atoms with Gasteiger partial charge < -0.3 is 19.2 Å². The summed E-state index contributed by atoms with van der Waals surface area (Å²) in [7, 11) is 1.22. The third-order valence-corrected chi connectivity index (χ3v) is 4.28. The molecule has 0 radical (unpaired) electrons. The lowest BCUT2D eigenvalue weighted by atomic mass is 9.98. The smallest absolute Gasteiger partial charge is 0.405 e. The normalized spacial score (nSPS) is 12.0. The molecule has 0 atom stereocenters. The standard InChI is InChI=1S/C22H18F3NO5/c1-13-5-3-4-6-15(13)17-10-20(27)31-18-9-14(7-8-16(17)18)30-19(11-29-2)21(28)26-12-22(23,24)25/h3-11H,12H2,1-2H3,(H,26,28). The maximum atomic E-state index is 12.4. The maximum Gasteiger partial charge on any atom is 0.405 e. The number of hydrogen-bond donors (Lipinski definition) is 1. The van der Waals surface area contributed by atoms with E-state index in [0.717, 1.165) is 17.4 Å². The van der Waals surface area contributed by atoms with Gasteiger partial charge in [-0.2, -0.15) is 13.2 Å². The fourth-order valence-corrected chi connectivity index (χ4v) is 2.93. The average Bonchev–Trinajstić information content (AvgIpc) is 2.70. The molecular weight excluding hydrogens is 415 g/mol. The number of fused-ring (bicyclic) bond motifs is 1. The van der Waals surface area contributed by atoms with Crippen molar-refractivity contribution in [3.05, 3.63) is 76.5 Å². The van der Waals surface area contributed by atoms with Gasteiger partial charge >= 0.3 is 11.8 Å². The van der Waals surface area contributed by atoms with E-state index >= 15 is 0 Å². The predicted octanol–water partition coefficient (Wildman–Crippen LogP) is 4.31. The number of carbonyl (C=O) groups is 1. The van der Waals surface area contributed by atoms with Gasteiger partial charge in [0.05, 0.1) is 7.11 Å². The Balaban J connectivity index is 1.95. The zero-order chi connectivity index (χ0) is 22.6. The highest BCUT2D eigenvalue weighted by molar-refractivity contribution is 5.95. The van der Waals surface area contributed by atoms with Crippen molar-refractivity contribution in [3.63, 3.8) is 0 Å². The first-order valence-corrected chi connectivity index (χ1v) is 9.07. The first-order valence-electron chi connectivity index (χ1n) is 9.07. The van der Waals surface area contributed by atoms with Crippen molar-refractivity contribution in [2.45, 2.75) is 13.1 Å². The van der Waals surface area contributed by atoms with E-state index in [4.69, 9.17) is 13.9 Å². The van der Waals surface area contributed by atoms with E-state index in [-0.39, 0.29) is 11.3 Å². The minimum Gasteiger partial charge on any atom is -0.500 e. The van der Waals surface area contributed by atoms with Crippen molar-refractivity contribution in [1.29, 1.82) is 0 Å². The minimum absolute atomic E-state index is 0.0723. The minimum atomic E-state index is -4.58. The molecule has 3 aromatic rings. The van der Waals surface area contributed by atoms with Crippen LogP contribution in [-0.4, -0.2) is 25.7 Å². The summed E-state index contributed by atoms with van der Waals surface area (Å²) in [5.74, 6) is -1.54.